The summed E-state index contributed by atoms with van der Waals surface area (Å²) in [6, 6.07) is 0.219. The lowest BCUT2D eigenvalue weighted by Gasteiger charge is -2.28. The maximum atomic E-state index is 12.4. The summed E-state index contributed by atoms with van der Waals surface area (Å²) in [5, 5.41) is 7.24. The Morgan fingerprint density at radius 1 is 1.37 bits per heavy atom. The molecular weight excluding hydrogens is 326 g/mol. The number of nitrogens with zero attached hydrogens (tertiary/aromatic N) is 2. The van der Waals surface area contributed by atoms with Gasteiger partial charge in [0.1, 0.15) is 4.88 Å². The number of hydrogen-bond acceptors (Lipinski definition) is 4. The second-order valence-electron chi connectivity index (χ2n) is 6.08. The van der Waals surface area contributed by atoms with Crippen LogP contribution in [-0.4, -0.2) is 26.4 Å². The molecule has 0 spiro atoms. The van der Waals surface area contributed by atoms with Crippen molar-refractivity contribution in [2.75, 3.05) is 0 Å². The molecule has 0 radical (unpaired) electrons. The van der Waals surface area contributed by atoms with Gasteiger partial charge >= 0.3 is 0 Å². The Morgan fingerprint density at radius 3 is 2.68 bits per heavy atom. The summed E-state index contributed by atoms with van der Waals surface area (Å²) in [5.41, 5.74) is 0.636. The molecule has 1 amide bonds. The molecule has 0 aromatic carbocycles. The van der Waals surface area contributed by atoms with Gasteiger partial charge in [-0.1, -0.05) is 54.0 Å². The SMILES string of the molecule is CC(C)(C)c1nnsc1C(=O)NC1CCCCC1Br. The Kier molecular flexibility index (Phi) is 4.61. The van der Waals surface area contributed by atoms with E-state index in [1.807, 2.05) is 0 Å². The molecule has 6 heteroatoms. The monoisotopic (exact) mass is 345 g/mol. The van der Waals surface area contributed by atoms with Crippen LogP contribution < -0.4 is 5.32 Å². The smallest absolute Gasteiger partial charge is 0.265 e. The van der Waals surface area contributed by atoms with Gasteiger partial charge in [0, 0.05) is 16.3 Å². The number of rotatable bonds is 2. The molecule has 0 aliphatic heterocycles. The summed E-state index contributed by atoms with van der Waals surface area (Å²) in [6.45, 7) is 6.15. The summed E-state index contributed by atoms with van der Waals surface area (Å²) in [7, 11) is 0. The van der Waals surface area contributed by atoms with Crippen molar-refractivity contribution in [2.45, 2.75) is 62.7 Å². The van der Waals surface area contributed by atoms with Gasteiger partial charge in [-0.15, -0.1) is 5.10 Å². The highest BCUT2D eigenvalue weighted by Gasteiger charge is 2.29. The number of carbonyl (C=O) groups is 1. The topological polar surface area (TPSA) is 54.9 Å². The second kappa shape index (κ2) is 5.87. The van der Waals surface area contributed by atoms with E-state index in [0.29, 0.717) is 9.70 Å². The van der Waals surface area contributed by atoms with E-state index in [1.165, 1.54) is 24.4 Å². The molecule has 1 N–H and O–H groups in total. The zero-order valence-corrected chi connectivity index (χ0v) is 14.0. The number of hydrogen-bond donors (Lipinski definition) is 1. The lowest BCUT2D eigenvalue weighted by Crippen LogP contribution is -2.42. The molecule has 1 aliphatic carbocycles. The van der Waals surface area contributed by atoms with Crippen LogP contribution in [0, 0.1) is 0 Å². The van der Waals surface area contributed by atoms with Crippen molar-refractivity contribution >= 4 is 33.4 Å². The van der Waals surface area contributed by atoms with Crippen molar-refractivity contribution in [2.24, 2.45) is 0 Å². The number of halogens is 1. The van der Waals surface area contributed by atoms with Crippen LogP contribution in [0.1, 0.15) is 61.8 Å². The first kappa shape index (κ1) is 14.9. The van der Waals surface area contributed by atoms with Crippen LogP contribution >= 0.6 is 27.5 Å². The summed E-state index contributed by atoms with van der Waals surface area (Å²) in [5.74, 6) is -0.0312. The van der Waals surface area contributed by atoms with Crippen LogP contribution in [0.4, 0.5) is 0 Å². The molecule has 2 atom stereocenters. The normalized spacial score (nSPS) is 24.2. The van der Waals surface area contributed by atoms with E-state index < -0.39 is 0 Å². The van der Waals surface area contributed by atoms with Gasteiger partial charge in [0.2, 0.25) is 0 Å². The Morgan fingerprint density at radius 2 is 2.05 bits per heavy atom. The Hall–Kier alpha value is -0.490. The minimum Gasteiger partial charge on any atom is -0.347 e. The summed E-state index contributed by atoms with van der Waals surface area (Å²) in [6.07, 6.45) is 4.58. The van der Waals surface area contributed by atoms with E-state index in [-0.39, 0.29) is 17.4 Å². The van der Waals surface area contributed by atoms with Crippen molar-refractivity contribution in [3.8, 4) is 0 Å². The van der Waals surface area contributed by atoms with Crippen LogP contribution in [0.25, 0.3) is 0 Å². The largest absolute Gasteiger partial charge is 0.347 e. The zero-order valence-electron chi connectivity index (χ0n) is 11.6. The molecule has 0 saturated heterocycles. The number of alkyl halides is 1. The fourth-order valence-electron chi connectivity index (χ4n) is 2.31. The highest BCUT2D eigenvalue weighted by molar-refractivity contribution is 9.09. The van der Waals surface area contributed by atoms with Crippen molar-refractivity contribution in [3.05, 3.63) is 10.6 Å². The predicted octanol–water partition coefficient (Wildman–Crippen LogP) is 3.27. The molecule has 19 heavy (non-hydrogen) atoms. The van der Waals surface area contributed by atoms with E-state index >= 15 is 0 Å². The molecule has 1 saturated carbocycles. The highest BCUT2D eigenvalue weighted by Crippen LogP contribution is 2.28. The third kappa shape index (κ3) is 3.54. The minimum absolute atomic E-state index is 0.0312. The van der Waals surface area contributed by atoms with Gasteiger partial charge in [-0.05, 0) is 24.4 Å². The number of carbonyl (C=O) groups excluding carboxylic acids is 1. The molecule has 1 aromatic heterocycles. The first-order valence-corrected chi connectivity index (χ1v) is 8.36. The lowest BCUT2D eigenvalue weighted by molar-refractivity contribution is 0.0931. The lowest BCUT2D eigenvalue weighted by atomic mass is 9.91. The third-order valence-corrected chi connectivity index (χ3v) is 5.22. The summed E-state index contributed by atoms with van der Waals surface area (Å²) >= 11 is 4.85. The van der Waals surface area contributed by atoms with Gasteiger partial charge in [0.25, 0.3) is 5.91 Å². The molecule has 4 nitrogen and oxygen atoms in total. The molecule has 2 rings (SSSR count). The second-order valence-corrected chi connectivity index (χ2v) is 8.01. The predicted molar refractivity (Wildman–Crippen MR) is 81.0 cm³/mol. The molecule has 2 unspecified atom stereocenters. The van der Waals surface area contributed by atoms with Crippen LogP contribution in [-0.2, 0) is 5.41 Å². The van der Waals surface area contributed by atoms with Crippen molar-refractivity contribution in [3.63, 3.8) is 0 Å². The zero-order chi connectivity index (χ0) is 14.0. The first-order valence-electron chi connectivity index (χ1n) is 6.67. The number of aromatic nitrogens is 2. The standard InChI is InChI=1S/C13H20BrN3OS/c1-13(2,3)11-10(19-17-16-11)12(18)15-9-7-5-4-6-8(9)14/h8-9H,4-7H2,1-3H3,(H,15,18). The van der Waals surface area contributed by atoms with E-state index in [9.17, 15) is 4.79 Å². The van der Waals surface area contributed by atoms with Gasteiger partial charge in [0.05, 0.1) is 5.69 Å². The van der Waals surface area contributed by atoms with Crippen LogP contribution in [0.5, 0.6) is 0 Å². The average Bonchev–Trinajstić information content (AvgIpc) is 2.81. The summed E-state index contributed by atoms with van der Waals surface area (Å²) < 4.78 is 3.94. The molecule has 1 heterocycles. The van der Waals surface area contributed by atoms with Gasteiger partial charge in [-0.25, -0.2) is 0 Å². The van der Waals surface area contributed by atoms with Crippen molar-refractivity contribution < 1.29 is 4.79 Å². The third-order valence-electron chi connectivity index (χ3n) is 3.40. The first-order chi connectivity index (χ1) is 8.89. The van der Waals surface area contributed by atoms with Gasteiger partial charge in [0.15, 0.2) is 0 Å². The fraction of sp³-hybridized carbons (Fsp3) is 0.769. The molecule has 1 aromatic rings. The quantitative estimate of drug-likeness (QED) is 0.836. The Bertz CT molecular complexity index is 455. The summed E-state index contributed by atoms with van der Waals surface area (Å²) in [4.78, 5) is 13.4. The molecule has 0 bridgehead atoms. The molecule has 106 valence electrons. The van der Waals surface area contributed by atoms with Crippen LogP contribution in [0.2, 0.25) is 0 Å². The van der Waals surface area contributed by atoms with Gasteiger partial charge < -0.3 is 5.32 Å². The minimum atomic E-state index is -0.153. The fourth-order valence-corrected chi connectivity index (χ4v) is 3.81. The Labute approximate surface area is 126 Å². The number of nitrogens with one attached hydrogen (secondary N) is 1. The highest BCUT2D eigenvalue weighted by atomic mass is 79.9. The molecule has 1 fully saturated rings. The Balaban J connectivity index is 2.10. The average molecular weight is 346 g/mol. The number of amides is 1. The van der Waals surface area contributed by atoms with Crippen molar-refractivity contribution in [1.82, 2.24) is 14.9 Å². The van der Waals surface area contributed by atoms with E-state index in [0.717, 1.165) is 18.5 Å². The molecular formula is C13H20BrN3OS. The maximum absolute atomic E-state index is 12.4. The van der Waals surface area contributed by atoms with E-state index in [2.05, 4.69) is 51.6 Å². The van der Waals surface area contributed by atoms with Crippen molar-refractivity contribution in [1.29, 1.82) is 0 Å². The van der Waals surface area contributed by atoms with Crippen LogP contribution in [0.15, 0.2) is 0 Å². The van der Waals surface area contributed by atoms with Crippen LogP contribution in [0.3, 0.4) is 0 Å². The molecule has 1 aliphatic rings. The van der Waals surface area contributed by atoms with Gasteiger partial charge in [-0.2, -0.15) is 0 Å². The van der Waals surface area contributed by atoms with E-state index in [4.69, 9.17) is 0 Å². The van der Waals surface area contributed by atoms with Gasteiger partial charge in [-0.3, -0.25) is 4.79 Å². The maximum Gasteiger partial charge on any atom is 0.265 e. The van der Waals surface area contributed by atoms with E-state index in [1.54, 1.807) is 0 Å².